The van der Waals surface area contributed by atoms with Crippen molar-refractivity contribution in [3.63, 3.8) is 0 Å². The number of aromatic nitrogens is 2. The normalized spacial score (nSPS) is 11.4. The van der Waals surface area contributed by atoms with Gasteiger partial charge >= 0.3 is 0 Å². The molecule has 0 fully saturated rings. The van der Waals surface area contributed by atoms with Crippen molar-refractivity contribution in [3.8, 4) is 22.5 Å². The Bertz CT molecular complexity index is 1680. The molecule has 3 aromatic heterocycles. The Labute approximate surface area is 234 Å². The molecule has 3 heterocycles. The maximum Gasteiger partial charge on any atom is 0.120 e. The van der Waals surface area contributed by atoms with Gasteiger partial charge < -0.3 is 14.4 Å². The molecule has 0 amide bonds. The topological polar surface area (TPSA) is 38.9 Å². The predicted octanol–water partition coefficient (Wildman–Crippen LogP) is 7.85. The van der Waals surface area contributed by atoms with Crippen LogP contribution in [0.15, 0.2) is 102 Å². The predicted molar refractivity (Wildman–Crippen MR) is 152 cm³/mol. The van der Waals surface area contributed by atoms with Crippen LogP contribution in [0.5, 0.6) is 0 Å². The molecule has 0 spiro atoms. The van der Waals surface area contributed by atoms with Crippen LogP contribution in [0.4, 0.5) is 0 Å². The number of para-hydroxylation sites is 1. The summed E-state index contributed by atoms with van der Waals surface area (Å²) in [5.74, 6) is 0. The molecule has 0 aliphatic heterocycles. The molecule has 3 nitrogen and oxygen atoms in total. The Morgan fingerprint density at radius 2 is 1.62 bits per heavy atom. The molecule has 0 bridgehead atoms. The molecule has 6 aromatic rings. The molecular weight excluding hydrogens is 649 g/mol. The fraction of sp³-hybridized carbons (Fsp3) is 0.125. The Balaban J connectivity index is 0.000000204. The van der Waals surface area contributed by atoms with E-state index in [-0.39, 0.29) is 20.1 Å². The molecule has 5 heteroatoms. The molecular formula is C32H28IrN2OSi-2. The van der Waals surface area contributed by atoms with Gasteiger partial charge in [-0.3, -0.25) is 0 Å². The van der Waals surface area contributed by atoms with Gasteiger partial charge in [0.15, 0.2) is 0 Å². The Kier molecular flexibility index (Phi) is 7.75. The van der Waals surface area contributed by atoms with Crippen LogP contribution in [0, 0.1) is 19.1 Å². The minimum Gasteiger partial charge on any atom is -0.501 e. The first-order valence-corrected chi connectivity index (χ1v) is 15.5. The van der Waals surface area contributed by atoms with Crippen molar-refractivity contribution in [2.24, 2.45) is 0 Å². The minimum atomic E-state index is -1.52. The Morgan fingerprint density at radius 1 is 0.784 bits per heavy atom. The van der Waals surface area contributed by atoms with E-state index in [1.54, 1.807) is 18.3 Å². The zero-order valence-electron chi connectivity index (χ0n) is 22.3. The van der Waals surface area contributed by atoms with Crippen LogP contribution in [0.1, 0.15) is 6.93 Å². The van der Waals surface area contributed by atoms with Crippen molar-refractivity contribution in [2.45, 2.75) is 26.6 Å². The van der Waals surface area contributed by atoms with E-state index in [4.69, 9.17) is 5.79 Å². The summed E-state index contributed by atoms with van der Waals surface area (Å²) in [6, 6.07) is 32.5. The average molecular weight is 678 g/mol. The number of nitrogens with zero attached hydrogens (tertiary/aromatic N) is 2. The summed E-state index contributed by atoms with van der Waals surface area (Å²) in [5.41, 5.74) is 6.53. The van der Waals surface area contributed by atoms with E-state index >= 15 is 0 Å². The second-order valence-corrected chi connectivity index (χ2v) is 14.8. The van der Waals surface area contributed by atoms with Crippen LogP contribution in [-0.2, 0) is 20.1 Å². The van der Waals surface area contributed by atoms with Gasteiger partial charge in [0.25, 0.3) is 0 Å². The number of hydrogen-bond acceptors (Lipinski definition) is 3. The van der Waals surface area contributed by atoms with E-state index in [9.17, 15) is 0 Å². The average Bonchev–Trinajstić information content (AvgIpc) is 3.28. The summed E-state index contributed by atoms with van der Waals surface area (Å²) < 4.78 is 14.2. The molecule has 3 aromatic carbocycles. The van der Waals surface area contributed by atoms with Crippen LogP contribution >= 0.6 is 0 Å². The summed E-state index contributed by atoms with van der Waals surface area (Å²) >= 11 is 0. The third-order valence-corrected chi connectivity index (χ3v) is 8.03. The zero-order chi connectivity index (χ0) is 26.0. The van der Waals surface area contributed by atoms with Gasteiger partial charge in [-0.15, -0.1) is 54.1 Å². The van der Waals surface area contributed by atoms with Gasteiger partial charge in [-0.1, -0.05) is 73.0 Å². The number of pyridine rings is 2. The quantitative estimate of drug-likeness (QED) is 0.142. The van der Waals surface area contributed by atoms with Gasteiger partial charge in [-0.05, 0) is 35.1 Å². The standard InChI is InChI=1S/C20H18NOSi.C12H10N.Ir/c1-23(2,3)18-12-7-9-15-14-8-6-10-16(19(14)22-20(15)18)17-11-4-5-13-21-17;1-10-7-8-12(13-9-10)11-5-3-2-4-6-11;/h4-9,11-13H,1-3H3;2-5,7-9H,1H3;/q2*-1;/i4D;;. The van der Waals surface area contributed by atoms with Crippen LogP contribution in [0.2, 0.25) is 19.6 Å². The third-order valence-electron chi connectivity index (χ3n) is 6.02. The largest absolute Gasteiger partial charge is 0.501 e. The van der Waals surface area contributed by atoms with Crippen LogP contribution in [0.3, 0.4) is 0 Å². The van der Waals surface area contributed by atoms with E-state index in [0.717, 1.165) is 44.5 Å². The van der Waals surface area contributed by atoms with Crippen molar-refractivity contribution in [1.29, 1.82) is 0 Å². The molecule has 0 aliphatic rings. The number of fused-ring (bicyclic) bond motifs is 3. The molecule has 0 saturated heterocycles. The van der Waals surface area contributed by atoms with Gasteiger partial charge in [-0.2, -0.15) is 0 Å². The minimum absolute atomic E-state index is 0. The first kappa shape index (κ1) is 25.3. The van der Waals surface area contributed by atoms with Crippen molar-refractivity contribution in [3.05, 3.63) is 115 Å². The molecule has 0 saturated carbocycles. The van der Waals surface area contributed by atoms with Gasteiger partial charge in [0.2, 0.25) is 0 Å². The first-order chi connectivity index (χ1) is 17.8. The molecule has 0 N–H and O–H groups in total. The molecule has 187 valence electrons. The van der Waals surface area contributed by atoms with Crippen LogP contribution in [-0.4, -0.2) is 18.0 Å². The summed E-state index contributed by atoms with van der Waals surface area (Å²) in [6.45, 7) is 9.01. The second-order valence-electron chi connectivity index (χ2n) is 9.77. The fourth-order valence-corrected chi connectivity index (χ4v) is 5.65. The van der Waals surface area contributed by atoms with Gasteiger partial charge in [0.1, 0.15) is 5.58 Å². The summed E-state index contributed by atoms with van der Waals surface area (Å²) in [6.07, 6.45) is 3.52. The van der Waals surface area contributed by atoms with E-state index in [1.807, 2.05) is 55.6 Å². The van der Waals surface area contributed by atoms with Crippen molar-refractivity contribution >= 4 is 35.2 Å². The Morgan fingerprint density at radius 3 is 2.32 bits per heavy atom. The summed E-state index contributed by atoms with van der Waals surface area (Å²) in [4.78, 5) is 8.72. The molecule has 37 heavy (non-hydrogen) atoms. The SMILES string of the molecule is Cc1ccc(-c2[c-]cccc2)nc1.[2H]c1ccnc(-c2[c-]ccc3c2oc2c([Si](C)(C)C)cccc23)c1.[Ir]. The molecule has 1 radical (unpaired) electrons. The van der Waals surface area contributed by atoms with Crippen LogP contribution < -0.4 is 5.19 Å². The maximum absolute atomic E-state index is 7.84. The zero-order valence-corrected chi connectivity index (χ0v) is 24.7. The summed E-state index contributed by atoms with van der Waals surface area (Å²) in [5, 5.41) is 3.54. The maximum atomic E-state index is 7.84. The molecule has 0 aliphatic carbocycles. The third kappa shape index (κ3) is 5.80. The van der Waals surface area contributed by atoms with Gasteiger partial charge in [0.05, 0.1) is 15.0 Å². The Hall–Kier alpha value is -3.37. The first-order valence-electron chi connectivity index (χ1n) is 12.5. The molecule has 0 unspecified atom stereocenters. The van der Waals surface area contributed by atoms with E-state index in [1.165, 1.54) is 10.8 Å². The van der Waals surface area contributed by atoms with E-state index < -0.39 is 8.07 Å². The number of hydrogen-bond donors (Lipinski definition) is 0. The van der Waals surface area contributed by atoms with Gasteiger partial charge in [-0.25, -0.2) is 0 Å². The number of rotatable bonds is 3. The summed E-state index contributed by atoms with van der Waals surface area (Å²) in [7, 11) is -1.52. The van der Waals surface area contributed by atoms with Gasteiger partial charge in [0, 0.05) is 37.9 Å². The number of benzene rings is 3. The van der Waals surface area contributed by atoms with Crippen molar-refractivity contribution < 1.29 is 25.9 Å². The van der Waals surface area contributed by atoms with E-state index in [0.29, 0.717) is 6.04 Å². The fourth-order valence-electron chi connectivity index (χ4n) is 4.19. The monoisotopic (exact) mass is 678 g/mol. The van der Waals surface area contributed by atoms with Crippen molar-refractivity contribution in [1.82, 2.24) is 9.97 Å². The molecule has 6 rings (SSSR count). The van der Waals surface area contributed by atoms with Crippen molar-refractivity contribution in [2.75, 3.05) is 0 Å². The smallest absolute Gasteiger partial charge is 0.120 e. The van der Waals surface area contributed by atoms with Crippen LogP contribution in [0.25, 0.3) is 44.5 Å². The molecule has 0 atom stereocenters. The number of aryl methyl sites for hydroxylation is 1. The second kappa shape index (κ2) is 11.3. The van der Waals surface area contributed by atoms with E-state index in [2.05, 4.69) is 66.0 Å². The number of furan rings is 1.